The van der Waals surface area contributed by atoms with Crippen molar-refractivity contribution in [3.05, 3.63) is 0 Å². The topological polar surface area (TPSA) is 38.3 Å². The van der Waals surface area contributed by atoms with E-state index in [1.165, 1.54) is 19.3 Å². The summed E-state index contributed by atoms with van der Waals surface area (Å²) in [4.78, 5) is 11.7. The lowest BCUT2D eigenvalue weighted by molar-refractivity contribution is -0.152. The molecule has 1 saturated carbocycles. The van der Waals surface area contributed by atoms with Crippen molar-refractivity contribution >= 4 is 5.97 Å². The summed E-state index contributed by atoms with van der Waals surface area (Å²) in [5.74, 6) is -0.101. The molecule has 0 radical (unpaired) electrons. The van der Waals surface area contributed by atoms with Gasteiger partial charge < -0.3 is 10.1 Å². The number of ether oxygens (including phenoxy) is 1. The van der Waals surface area contributed by atoms with Crippen LogP contribution in [0.15, 0.2) is 0 Å². The van der Waals surface area contributed by atoms with Crippen molar-refractivity contribution in [2.45, 2.75) is 71.1 Å². The van der Waals surface area contributed by atoms with E-state index in [1.54, 1.807) is 0 Å². The monoisotopic (exact) mass is 213 g/mol. The van der Waals surface area contributed by atoms with Crippen LogP contribution in [-0.4, -0.2) is 24.2 Å². The number of esters is 1. The first-order valence-corrected chi connectivity index (χ1v) is 6.06. The second-order valence-corrected chi connectivity index (χ2v) is 4.74. The molecule has 1 N–H and O–H groups in total. The Kier molecular flexibility index (Phi) is 5.09. The molecule has 1 rings (SSSR count). The second kappa shape index (κ2) is 6.11. The molecule has 0 aliphatic heterocycles. The number of carbonyl (C=O) groups excluding carboxylic acids is 1. The van der Waals surface area contributed by atoms with Crippen molar-refractivity contribution in [2.75, 3.05) is 0 Å². The molecule has 1 fully saturated rings. The third-order valence-corrected chi connectivity index (χ3v) is 2.77. The maximum atomic E-state index is 11.7. The van der Waals surface area contributed by atoms with E-state index in [0.29, 0.717) is 6.04 Å². The maximum Gasteiger partial charge on any atom is 0.323 e. The highest BCUT2D eigenvalue weighted by molar-refractivity contribution is 5.75. The Labute approximate surface area is 92.6 Å². The minimum absolute atomic E-state index is 0.101. The van der Waals surface area contributed by atoms with Crippen molar-refractivity contribution in [1.82, 2.24) is 5.32 Å². The molecule has 3 nitrogen and oxygen atoms in total. The summed E-state index contributed by atoms with van der Waals surface area (Å²) in [7, 11) is 0. The molecule has 0 aromatic heterocycles. The van der Waals surface area contributed by atoms with E-state index in [-0.39, 0.29) is 18.1 Å². The molecule has 1 aliphatic rings. The summed E-state index contributed by atoms with van der Waals surface area (Å²) < 4.78 is 5.45. The van der Waals surface area contributed by atoms with Crippen LogP contribution in [0.4, 0.5) is 0 Å². The first-order valence-electron chi connectivity index (χ1n) is 6.06. The average Bonchev–Trinajstić information content (AvgIpc) is 2.18. The van der Waals surface area contributed by atoms with Crippen LogP contribution in [0, 0.1) is 0 Å². The van der Waals surface area contributed by atoms with E-state index in [4.69, 9.17) is 4.74 Å². The van der Waals surface area contributed by atoms with Gasteiger partial charge in [-0.05, 0) is 32.6 Å². The molecular formula is C12H23NO2. The molecule has 0 saturated heterocycles. The van der Waals surface area contributed by atoms with Crippen molar-refractivity contribution in [1.29, 1.82) is 0 Å². The number of hydrogen-bond donors (Lipinski definition) is 1. The highest BCUT2D eigenvalue weighted by Gasteiger charge is 2.21. The van der Waals surface area contributed by atoms with Crippen LogP contribution < -0.4 is 5.32 Å². The standard InChI is InChI=1S/C12H23NO2/c1-9(2)13-10(3)12(14)15-11-7-5-4-6-8-11/h9-11,13H,4-8H2,1-3H3. The second-order valence-electron chi connectivity index (χ2n) is 4.74. The molecule has 1 atom stereocenters. The van der Waals surface area contributed by atoms with Gasteiger partial charge in [0.1, 0.15) is 12.1 Å². The zero-order valence-electron chi connectivity index (χ0n) is 10.1. The number of rotatable bonds is 4. The minimum atomic E-state index is -0.188. The van der Waals surface area contributed by atoms with E-state index in [2.05, 4.69) is 5.32 Å². The van der Waals surface area contributed by atoms with Crippen LogP contribution in [-0.2, 0) is 9.53 Å². The minimum Gasteiger partial charge on any atom is -0.461 e. The summed E-state index contributed by atoms with van der Waals surface area (Å²) in [6, 6.07) is 0.130. The fourth-order valence-electron chi connectivity index (χ4n) is 2.02. The predicted octanol–water partition coefficient (Wildman–Crippen LogP) is 2.25. The Morgan fingerprint density at radius 2 is 1.80 bits per heavy atom. The summed E-state index contributed by atoms with van der Waals surface area (Å²) in [5.41, 5.74) is 0. The van der Waals surface area contributed by atoms with E-state index in [1.807, 2.05) is 20.8 Å². The molecular weight excluding hydrogens is 190 g/mol. The maximum absolute atomic E-state index is 11.7. The Balaban J connectivity index is 2.27. The molecule has 0 heterocycles. The summed E-state index contributed by atoms with van der Waals surface area (Å²) >= 11 is 0. The van der Waals surface area contributed by atoms with Crippen LogP contribution >= 0.6 is 0 Å². The zero-order valence-corrected chi connectivity index (χ0v) is 10.1. The number of hydrogen-bond acceptors (Lipinski definition) is 3. The Morgan fingerprint density at radius 3 is 2.33 bits per heavy atom. The first-order chi connectivity index (χ1) is 7.09. The predicted molar refractivity (Wildman–Crippen MR) is 60.7 cm³/mol. The van der Waals surface area contributed by atoms with Gasteiger partial charge in [-0.2, -0.15) is 0 Å². The van der Waals surface area contributed by atoms with Gasteiger partial charge in [0.15, 0.2) is 0 Å². The van der Waals surface area contributed by atoms with Gasteiger partial charge in [-0.15, -0.1) is 0 Å². The van der Waals surface area contributed by atoms with E-state index < -0.39 is 0 Å². The van der Waals surface area contributed by atoms with Gasteiger partial charge in [0.25, 0.3) is 0 Å². The molecule has 3 heteroatoms. The number of nitrogens with one attached hydrogen (secondary N) is 1. The molecule has 0 amide bonds. The Bertz CT molecular complexity index is 198. The van der Waals surface area contributed by atoms with Gasteiger partial charge in [0, 0.05) is 6.04 Å². The van der Waals surface area contributed by atoms with Crippen molar-refractivity contribution < 1.29 is 9.53 Å². The van der Waals surface area contributed by atoms with Gasteiger partial charge >= 0.3 is 5.97 Å². The lowest BCUT2D eigenvalue weighted by atomic mass is 9.98. The Hall–Kier alpha value is -0.570. The fraction of sp³-hybridized carbons (Fsp3) is 0.917. The van der Waals surface area contributed by atoms with Gasteiger partial charge in [0.2, 0.25) is 0 Å². The van der Waals surface area contributed by atoms with Crippen LogP contribution in [0.5, 0.6) is 0 Å². The highest BCUT2D eigenvalue weighted by Crippen LogP contribution is 2.20. The lowest BCUT2D eigenvalue weighted by Crippen LogP contribution is -2.41. The lowest BCUT2D eigenvalue weighted by Gasteiger charge is -2.24. The molecule has 1 unspecified atom stereocenters. The quantitative estimate of drug-likeness (QED) is 0.728. The van der Waals surface area contributed by atoms with Crippen molar-refractivity contribution in [2.24, 2.45) is 0 Å². The molecule has 1 aliphatic carbocycles. The summed E-state index contributed by atoms with van der Waals surface area (Å²) in [6.07, 6.45) is 5.94. The average molecular weight is 213 g/mol. The van der Waals surface area contributed by atoms with Crippen LogP contribution in [0.2, 0.25) is 0 Å². The van der Waals surface area contributed by atoms with Gasteiger partial charge in [0.05, 0.1) is 0 Å². The van der Waals surface area contributed by atoms with Gasteiger partial charge in [-0.1, -0.05) is 20.3 Å². The third kappa shape index (κ3) is 4.65. The van der Waals surface area contributed by atoms with E-state index in [0.717, 1.165) is 12.8 Å². The SMILES string of the molecule is CC(C)NC(C)C(=O)OC1CCCCC1. The molecule has 0 bridgehead atoms. The smallest absolute Gasteiger partial charge is 0.323 e. The van der Waals surface area contributed by atoms with Crippen LogP contribution in [0.3, 0.4) is 0 Å². The Morgan fingerprint density at radius 1 is 1.20 bits per heavy atom. The molecule has 15 heavy (non-hydrogen) atoms. The normalized spacial score (nSPS) is 20.3. The third-order valence-electron chi connectivity index (χ3n) is 2.77. The number of carbonyl (C=O) groups is 1. The largest absolute Gasteiger partial charge is 0.461 e. The van der Waals surface area contributed by atoms with E-state index in [9.17, 15) is 4.79 Å². The summed E-state index contributed by atoms with van der Waals surface area (Å²) in [6.45, 7) is 5.93. The van der Waals surface area contributed by atoms with Crippen LogP contribution in [0.25, 0.3) is 0 Å². The fourth-order valence-corrected chi connectivity index (χ4v) is 2.02. The molecule has 0 aromatic carbocycles. The molecule has 0 aromatic rings. The van der Waals surface area contributed by atoms with Gasteiger partial charge in [-0.25, -0.2) is 0 Å². The van der Waals surface area contributed by atoms with Gasteiger partial charge in [-0.3, -0.25) is 4.79 Å². The highest BCUT2D eigenvalue weighted by atomic mass is 16.5. The van der Waals surface area contributed by atoms with Crippen molar-refractivity contribution in [3.8, 4) is 0 Å². The molecule has 0 spiro atoms. The zero-order chi connectivity index (χ0) is 11.3. The molecule has 88 valence electrons. The van der Waals surface area contributed by atoms with Crippen LogP contribution in [0.1, 0.15) is 52.9 Å². The van der Waals surface area contributed by atoms with E-state index >= 15 is 0 Å². The summed E-state index contributed by atoms with van der Waals surface area (Å²) in [5, 5.41) is 3.16. The van der Waals surface area contributed by atoms with Crippen molar-refractivity contribution in [3.63, 3.8) is 0 Å². The first kappa shape index (κ1) is 12.5.